The van der Waals surface area contributed by atoms with Crippen LogP contribution in [0.15, 0.2) is 0 Å². The van der Waals surface area contributed by atoms with Crippen molar-refractivity contribution in [3.8, 4) is 0 Å². The molecule has 13 heavy (non-hydrogen) atoms. The van der Waals surface area contributed by atoms with E-state index < -0.39 is 0 Å². The summed E-state index contributed by atoms with van der Waals surface area (Å²) < 4.78 is 0. The van der Waals surface area contributed by atoms with Crippen molar-refractivity contribution >= 4 is 0 Å². The van der Waals surface area contributed by atoms with Crippen LogP contribution in [0.4, 0.5) is 0 Å². The maximum atomic E-state index is 5.80. The molecule has 2 unspecified atom stereocenters. The Bertz CT molecular complexity index is 139. The normalized spacial score (nSPS) is 25.8. The van der Waals surface area contributed by atoms with E-state index >= 15 is 0 Å². The molecule has 1 aliphatic heterocycles. The minimum Gasteiger partial charge on any atom is -0.327 e. The Morgan fingerprint density at radius 2 is 1.62 bits per heavy atom. The molecule has 1 heterocycles. The first-order valence-corrected chi connectivity index (χ1v) is 5.07. The minimum absolute atomic E-state index is 0.192. The molecule has 4 nitrogen and oxygen atoms in total. The van der Waals surface area contributed by atoms with Crippen molar-refractivity contribution in [2.45, 2.75) is 26.1 Å². The summed E-state index contributed by atoms with van der Waals surface area (Å²) in [6, 6.07) is 0.279. The molecule has 2 atom stereocenters. The van der Waals surface area contributed by atoms with Gasteiger partial charge >= 0.3 is 0 Å². The van der Waals surface area contributed by atoms with E-state index in [9.17, 15) is 0 Å². The van der Waals surface area contributed by atoms with Crippen LogP contribution >= 0.6 is 0 Å². The number of hydrogen-bond acceptors (Lipinski definition) is 4. The number of nitrogens with two attached hydrogens (primary N) is 2. The Hall–Kier alpha value is -0.160. The molecule has 0 amide bonds. The van der Waals surface area contributed by atoms with Crippen LogP contribution in [0.25, 0.3) is 0 Å². The lowest BCUT2D eigenvalue weighted by Gasteiger charge is -2.37. The molecule has 0 aromatic carbocycles. The summed E-state index contributed by atoms with van der Waals surface area (Å²) in [4.78, 5) is 4.71. The van der Waals surface area contributed by atoms with Crippen LogP contribution in [-0.4, -0.2) is 54.7 Å². The van der Waals surface area contributed by atoms with Gasteiger partial charge in [0.15, 0.2) is 0 Å². The first-order valence-electron chi connectivity index (χ1n) is 5.07. The van der Waals surface area contributed by atoms with Crippen molar-refractivity contribution in [1.29, 1.82) is 0 Å². The smallest absolute Gasteiger partial charge is 0.0543 e. The van der Waals surface area contributed by atoms with Crippen molar-refractivity contribution in [2.24, 2.45) is 11.5 Å². The fourth-order valence-corrected chi connectivity index (χ4v) is 1.76. The zero-order valence-corrected chi connectivity index (χ0v) is 8.74. The lowest BCUT2D eigenvalue weighted by atomic mass is 10.2. The summed E-state index contributed by atoms with van der Waals surface area (Å²) in [5.41, 5.74) is 11.5. The van der Waals surface area contributed by atoms with Crippen molar-refractivity contribution in [2.75, 3.05) is 32.7 Å². The van der Waals surface area contributed by atoms with Gasteiger partial charge in [0, 0.05) is 38.8 Å². The Balaban J connectivity index is 2.22. The largest absolute Gasteiger partial charge is 0.327 e. The maximum Gasteiger partial charge on any atom is 0.0543 e. The third-order valence-electron chi connectivity index (χ3n) is 2.53. The fraction of sp³-hybridized carbons (Fsp3) is 1.00. The zero-order chi connectivity index (χ0) is 9.84. The van der Waals surface area contributed by atoms with Gasteiger partial charge in [0.25, 0.3) is 0 Å². The van der Waals surface area contributed by atoms with Gasteiger partial charge in [-0.3, -0.25) is 9.80 Å². The quantitative estimate of drug-likeness (QED) is 0.609. The lowest BCUT2D eigenvalue weighted by Crippen LogP contribution is -2.53. The lowest BCUT2D eigenvalue weighted by molar-refractivity contribution is 0.102. The van der Waals surface area contributed by atoms with E-state index in [0.717, 1.165) is 32.7 Å². The Morgan fingerprint density at radius 3 is 2.00 bits per heavy atom. The number of piperazine rings is 1. The summed E-state index contributed by atoms with van der Waals surface area (Å²) in [7, 11) is 0. The fourth-order valence-electron chi connectivity index (χ4n) is 1.76. The predicted octanol–water partition coefficient (Wildman–Crippen LogP) is -0.744. The van der Waals surface area contributed by atoms with Gasteiger partial charge < -0.3 is 11.5 Å². The second kappa shape index (κ2) is 4.91. The van der Waals surface area contributed by atoms with Crippen LogP contribution in [0.3, 0.4) is 0 Å². The summed E-state index contributed by atoms with van der Waals surface area (Å²) >= 11 is 0. The van der Waals surface area contributed by atoms with E-state index in [4.69, 9.17) is 11.5 Å². The molecule has 1 rings (SSSR count). The minimum atomic E-state index is 0.192. The molecule has 4 heteroatoms. The molecule has 0 radical (unpaired) electrons. The molecule has 78 valence electrons. The van der Waals surface area contributed by atoms with Crippen LogP contribution in [0.1, 0.15) is 13.8 Å². The van der Waals surface area contributed by atoms with Gasteiger partial charge in [0.05, 0.1) is 6.17 Å². The monoisotopic (exact) mass is 186 g/mol. The van der Waals surface area contributed by atoms with Gasteiger partial charge in [-0.25, -0.2) is 0 Å². The highest BCUT2D eigenvalue weighted by atomic mass is 15.3. The molecule has 0 bridgehead atoms. The van der Waals surface area contributed by atoms with Crippen LogP contribution in [0, 0.1) is 0 Å². The standard InChI is InChI=1S/C9H22N4/c1-8(10)7-12-3-5-13(6-4-12)9(2)11/h8-9H,3-7,10-11H2,1-2H3. The Kier molecular flexibility index (Phi) is 4.12. The van der Waals surface area contributed by atoms with Crippen LogP contribution in [0.5, 0.6) is 0 Å². The third-order valence-corrected chi connectivity index (χ3v) is 2.53. The molecule has 0 spiro atoms. The molecular formula is C9H22N4. The summed E-state index contributed by atoms with van der Waals surface area (Å²) in [6.45, 7) is 9.45. The Labute approximate surface area is 80.9 Å². The second-order valence-electron chi connectivity index (χ2n) is 4.05. The average molecular weight is 186 g/mol. The summed E-state index contributed by atoms with van der Waals surface area (Å²) in [5.74, 6) is 0. The topological polar surface area (TPSA) is 58.5 Å². The highest BCUT2D eigenvalue weighted by Crippen LogP contribution is 2.03. The molecule has 0 saturated carbocycles. The molecule has 0 aromatic heterocycles. The van der Waals surface area contributed by atoms with Gasteiger partial charge in [0.2, 0.25) is 0 Å². The summed E-state index contributed by atoms with van der Waals surface area (Å²) in [5, 5.41) is 0. The van der Waals surface area contributed by atoms with E-state index in [1.165, 1.54) is 0 Å². The maximum absolute atomic E-state index is 5.80. The predicted molar refractivity (Wildman–Crippen MR) is 55.3 cm³/mol. The highest BCUT2D eigenvalue weighted by Gasteiger charge is 2.18. The molecule has 0 aliphatic carbocycles. The van der Waals surface area contributed by atoms with E-state index in [1.54, 1.807) is 0 Å². The first-order chi connectivity index (χ1) is 6.09. The molecule has 1 fully saturated rings. The van der Waals surface area contributed by atoms with Crippen LogP contribution in [0.2, 0.25) is 0 Å². The van der Waals surface area contributed by atoms with Crippen LogP contribution in [-0.2, 0) is 0 Å². The molecule has 1 aliphatic rings. The van der Waals surface area contributed by atoms with Gasteiger partial charge in [-0.15, -0.1) is 0 Å². The van der Waals surface area contributed by atoms with Crippen molar-refractivity contribution in [3.05, 3.63) is 0 Å². The van der Waals surface area contributed by atoms with Crippen molar-refractivity contribution in [3.63, 3.8) is 0 Å². The van der Waals surface area contributed by atoms with E-state index in [1.807, 2.05) is 6.92 Å². The van der Waals surface area contributed by atoms with E-state index in [0.29, 0.717) is 0 Å². The van der Waals surface area contributed by atoms with E-state index in [2.05, 4.69) is 16.7 Å². The van der Waals surface area contributed by atoms with Gasteiger partial charge in [-0.1, -0.05) is 0 Å². The summed E-state index contributed by atoms with van der Waals surface area (Å²) in [6.07, 6.45) is 0.192. The highest BCUT2D eigenvalue weighted by molar-refractivity contribution is 4.75. The number of rotatable bonds is 3. The van der Waals surface area contributed by atoms with Crippen molar-refractivity contribution < 1.29 is 0 Å². The van der Waals surface area contributed by atoms with Gasteiger partial charge in [-0.05, 0) is 13.8 Å². The molecule has 4 N–H and O–H groups in total. The van der Waals surface area contributed by atoms with Gasteiger partial charge in [-0.2, -0.15) is 0 Å². The molecule has 0 aromatic rings. The van der Waals surface area contributed by atoms with Crippen molar-refractivity contribution in [1.82, 2.24) is 9.80 Å². The SMILES string of the molecule is CC(N)CN1CCN(C(C)N)CC1. The molecular weight excluding hydrogens is 164 g/mol. The van der Waals surface area contributed by atoms with Gasteiger partial charge in [0.1, 0.15) is 0 Å². The second-order valence-corrected chi connectivity index (χ2v) is 4.05. The number of nitrogens with zero attached hydrogens (tertiary/aromatic N) is 2. The Morgan fingerprint density at radius 1 is 1.08 bits per heavy atom. The number of hydrogen-bond donors (Lipinski definition) is 2. The van der Waals surface area contributed by atoms with E-state index in [-0.39, 0.29) is 12.2 Å². The third kappa shape index (κ3) is 3.60. The average Bonchev–Trinajstić information content (AvgIpc) is 2.04. The first kappa shape index (κ1) is 10.9. The molecule has 1 saturated heterocycles. The zero-order valence-electron chi connectivity index (χ0n) is 8.74. The van der Waals surface area contributed by atoms with Crippen LogP contribution < -0.4 is 11.5 Å².